The largest absolute Gasteiger partial charge is 0.496 e. The van der Waals surface area contributed by atoms with E-state index in [9.17, 15) is 4.79 Å². The maximum atomic E-state index is 12.6. The lowest BCUT2D eigenvalue weighted by Crippen LogP contribution is -2.23. The molecule has 29 heavy (non-hydrogen) atoms. The number of nitrogens with zero attached hydrogens (tertiary/aromatic N) is 3. The van der Waals surface area contributed by atoms with E-state index in [2.05, 4.69) is 15.4 Å². The van der Waals surface area contributed by atoms with Gasteiger partial charge in [0.2, 0.25) is 0 Å². The lowest BCUT2D eigenvalue weighted by atomic mass is 10.1. The van der Waals surface area contributed by atoms with Crippen molar-refractivity contribution >= 4 is 5.91 Å². The molecule has 0 saturated carbocycles. The molecule has 0 saturated heterocycles. The van der Waals surface area contributed by atoms with E-state index in [-0.39, 0.29) is 12.5 Å². The van der Waals surface area contributed by atoms with E-state index in [4.69, 9.17) is 14.2 Å². The third-order valence-electron chi connectivity index (χ3n) is 4.48. The van der Waals surface area contributed by atoms with Crippen LogP contribution < -0.4 is 19.5 Å². The molecule has 152 valence electrons. The van der Waals surface area contributed by atoms with Gasteiger partial charge in [0.05, 0.1) is 44.7 Å². The summed E-state index contributed by atoms with van der Waals surface area (Å²) < 4.78 is 17.8. The molecule has 8 nitrogen and oxygen atoms in total. The Hall–Kier alpha value is -3.55. The van der Waals surface area contributed by atoms with Crippen LogP contribution in [0.5, 0.6) is 17.2 Å². The highest BCUT2D eigenvalue weighted by Crippen LogP contribution is 2.33. The molecule has 1 N–H and O–H groups in total. The summed E-state index contributed by atoms with van der Waals surface area (Å²) in [6.07, 6.45) is 1.53. The van der Waals surface area contributed by atoms with Crippen molar-refractivity contribution < 1.29 is 19.0 Å². The number of carbonyl (C=O) groups excluding carboxylic acids is 1. The molecule has 0 spiro atoms. The first-order valence-electron chi connectivity index (χ1n) is 9.03. The number of benzene rings is 1. The van der Waals surface area contributed by atoms with Crippen molar-refractivity contribution in [2.75, 3.05) is 21.3 Å². The summed E-state index contributed by atoms with van der Waals surface area (Å²) in [5, 5.41) is 7.27. The molecule has 0 bridgehead atoms. The van der Waals surface area contributed by atoms with E-state index in [0.717, 1.165) is 17.0 Å². The molecule has 0 fully saturated rings. The number of ether oxygens (including phenoxy) is 3. The highest BCUT2D eigenvalue weighted by atomic mass is 16.5. The fraction of sp³-hybridized carbons (Fsp3) is 0.286. The third kappa shape index (κ3) is 4.31. The van der Waals surface area contributed by atoms with Gasteiger partial charge >= 0.3 is 0 Å². The molecule has 2 heterocycles. The zero-order chi connectivity index (χ0) is 21.0. The summed E-state index contributed by atoms with van der Waals surface area (Å²) in [7, 11) is 4.68. The van der Waals surface area contributed by atoms with E-state index in [1.54, 1.807) is 50.3 Å². The average molecular weight is 396 g/mol. The van der Waals surface area contributed by atoms with Gasteiger partial charge in [0.15, 0.2) is 5.82 Å². The van der Waals surface area contributed by atoms with Crippen LogP contribution >= 0.6 is 0 Å². The van der Waals surface area contributed by atoms with Crippen molar-refractivity contribution in [2.24, 2.45) is 0 Å². The Morgan fingerprint density at radius 1 is 1.03 bits per heavy atom. The molecule has 0 unspecified atom stereocenters. The minimum atomic E-state index is -0.252. The zero-order valence-corrected chi connectivity index (χ0v) is 17.1. The molecule has 0 atom stereocenters. The number of amides is 1. The minimum Gasteiger partial charge on any atom is -0.496 e. The van der Waals surface area contributed by atoms with Gasteiger partial charge in [-0.25, -0.2) is 9.67 Å². The van der Waals surface area contributed by atoms with Gasteiger partial charge in [-0.05, 0) is 32.0 Å². The summed E-state index contributed by atoms with van der Waals surface area (Å²) in [5.41, 5.74) is 3.05. The highest BCUT2D eigenvalue weighted by Gasteiger charge is 2.15. The van der Waals surface area contributed by atoms with Crippen molar-refractivity contribution in [1.82, 2.24) is 20.1 Å². The Morgan fingerprint density at radius 3 is 2.21 bits per heavy atom. The molecule has 1 amide bonds. The van der Waals surface area contributed by atoms with Crippen molar-refractivity contribution in [3.05, 3.63) is 59.0 Å². The molecule has 0 aliphatic carbocycles. The lowest BCUT2D eigenvalue weighted by molar-refractivity contribution is 0.0950. The second kappa shape index (κ2) is 8.64. The first-order valence-corrected chi connectivity index (χ1v) is 9.03. The molecular weight excluding hydrogens is 372 g/mol. The summed E-state index contributed by atoms with van der Waals surface area (Å²) in [4.78, 5) is 16.9. The zero-order valence-electron chi connectivity index (χ0n) is 17.1. The molecule has 3 aromatic rings. The van der Waals surface area contributed by atoms with Crippen LogP contribution in [0.3, 0.4) is 0 Å². The van der Waals surface area contributed by atoms with Gasteiger partial charge in [-0.2, -0.15) is 5.10 Å². The van der Waals surface area contributed by atoms with Gasteiger partial charge in [-0.1, -0.05) is 0 Å². The Kier molecular flexibility index (Phi) is 6.01. The third-order valence-corrected chi connectivity index (χ3v) is 4.48. The number of methoxy groups -OCH3 is 3. The highest BCUT2D eigenvalue weighted by molar-refractivity contribution is 5.94. The Labute approximate surface area is 169 Å². The van der Waals surface area contributed by atoms with E-state index in [1.807, 2.05) is 19.9 Å². The number of aromatic nitrogens is 3. The van der Waals surface area contributed by atoms with Gasteiger partial charge in [-0.3, -0.25) is 4.79 Å². The second-order valence-electron chi connectivity index (χ2n) is 6.44. The first kappa shape index (κ1) is 20.2. The minimum absolute atomic E-state index is 0.231. The van der Waals surface area contributed by atoms with Gasteiger partial charge in [0.25, 0.3) is 5.91 Å². The normalized spacial score (nSPS) is 10.5. The van der Waals surface area contributed by atoms with Crippen molar-refractivity contribution in [2.45, 2.75) is 20.4 Å². The van der Waals surface area contributed by atoms with Crippen molar-refractivity contribution in [3.8, 4) is 23.1 Å². The average Bonchev–Trinajstić information content (AvgIpc) is 3.09. The predicted molar refractivity (Wildman–Crippen MR) is 108 cm³/mol. The molecule has 1 aromatic carbocycles. The Balaban J connectivity index is 1.75. The lowest BCUT2D eigenvalue weighted by Gasteiger charge is -2.15. The fourth-order valence-corrected chi connectivity index (χ4v) is 3.03. The second-order valence-corrected chi connectivity index (χ2v) is 6.44. The molecule has 3 rings (SSSR count). The molecule has 0 radical (unpaired) electrons. The topological polar surface area (TPSA) is 87.5 Å². The fourth-order valence-electron chi connectivity index (χ4n) is 3.03. The molecule has 0 aliphatic rings. The standard InChI is InChI=1S/C21H24N4O4/c1-13-8-14(2)25(24-13)20-7-6-15(11-22-20)21(26)23-12-17-18(28-4)9-16(27-3)10-19(17)29-5/h6-11H,12H2,1-5H3,(H,23,26). The summed E-state index contributed by atoms with van der Waals surface area (Å²) >= 11 is 0. The number of nitrogens with one attached hydrogen (secondary N) is 1. The van der Waals surface area contributed by atoms with E-state index < -0.39 is 0 Å². The van der Waals surface area contributed by atoms with Crippen molar-refractivity contribution in [1.29, 1.82) is 0 Å². The summed E-state index contributed by atoms with van der Waals surface area (Å²) in [6, 6.07) is 8.95. The number of pyridine rings is 1. The summed E-state index contributed by atoms with van der Waals surface area (Å²) in [5.74, 6) is 2.15. The van der Waals surface area contributed by atoms with Gasteiger partial charge < -0.3 is 19.5 Å². The molecular formula is C21H24N4O4. The number of hydrogen-bond acceptors (Lipinski definition) is 6. The van der Waals surface area contributed by atoms with Crippen LogP contribution in [0.2, 0.25) is 0 Å². The number of rotatable bonds is 7. The predicted octanol–water partition coefficient (Wildman–Crippen LogP) is 2.84. The van der Waals surface area contributed by atoms with E-state index in [0.29, 0.717) is 28.6 Å². The van der Waals surface area contributed by atoms with Crippen molar-refractivity contribution in [3.63, 3.8) is 0 Å². The van der Waals surface area contributed by atoms with Crippen LogP contribution in [-0.2, 0) is 6.54 Å². The van der Waals surface area contributed by atoms with E-state index in [1.165, 1.54) is 6.20 Å². The molecule has 8 heteroatoms. The smallest absolute Gasteiger partial charge is 0.253 e. The van der Waals surface area contributed by atoms with E-state index >= 15 is 0 Å². The van der Waals surface area contributed by atoms with Gasteiger partial charge in [-0.15, -0.1) is 0 Å². The SMILES string of the molecule is COc1cc(OC)c(CNC(=O)c2ccc(-n3nc(C)cc3C)nc2)c(OC)c1. The number of hydrogen-bond donors (Lipinski definition) is 1. The quantitative estimate of drug-likeness (QED) is 0.661. The van der Waals surface area contributed by atoms with Crippen LogP contribution in [0, 0.1) is 13.8 Å². The maximum Gasteiger partial charge on any atom is 0.253 e. The Morgan fingerprint density at radius 2 is 1.72 bits per heavy atom. The van der Waals surface area contributed by atoms with Crippen LogP contribution in [0.1, 0.15) is 27.3 Å². The summed E-state index contributed by atoms with van der Waals surface area (Å²) in [6.45, 7) is 4.11. The van der Waals surface area contributed by atoms with Crippen LogP contribution in [0.4, 0.5) is 0 Å². The molecule has 0 aliphatic heterocycles. The number of carbonyl (C=O) groups is 1. The van der Waals surface area contributed by atoms with Crippen LogP contribution in [-0.4, -0.2) is 42.0 Å². The molecule has 2 aromatic heterocycles. The van der Waals surface area contributed by atoms with Gasteiger partial charge in [0, 0.05) is 24.0 Å². The number of aryl methyl sites for hydroxylation is 2. The van der Waals surface area contributed by atoms with Crippen LogP contribution in [0.15, 0.2) is 36.5 Å². The van der Waals surface area contributed by atoms with Gasteiger partial charge in [0.1, 0.15) is 17.2 Å². The van der Waals surface area contributed by atoms with Crippen LogP contribution in [0.25, 0.3) is 5.82 Å². The maximum absolute atomic E-state index is 12.6. The monoisotopic (exact) mass is 396 g/mol. The first-order chi connectivity index (χ1) is 14.0. The Bertz CT molecular complexity index is 987.